The number of nitrogens with one attached hydrogen (secondary N) is 1. The van der Waals surface area contributed by atoms with Gasteiger partial charge in [0.15, 0.2) is 5.84 Å². The Morgan fingerprint density at radius 1 is 0.978 bits per heavy atom. The lowest BCUT2D eigenvalue weighted by Gasteiger charge is -2.29. The third-order valence-electron chi connectivity index (χ3n) is 7.73. The minimum atomic E-state index is -0.412. The summed E-state index contributed by atoms with van der Waals surface area (Å²) in [5.41, 5.74) is 13.6. The zero-order valence-corrected chi connectivity index (χ0v) is 25.8. The SMILES string of the molecule is CO[N+](C)(C/C=C/C(=O)N(C)c1cccc(N(C=O)C(=N)C(=C(N)N)N(C)c2ccc(Oc3cccc(F)c3)cc2)c1)C1CC1. The van der Waals surface area contributed by atoms with Crippen LogP contribution in [0.1, 0.15) is 12.8 Å². The molecular formula is C33H39FN7O4+. The average molecular weight is 617 g/mol. The van der Waals surface area contributed by atoms with E-state index in [-0.39, 0.29) is 23.3 Å². The Hall–Kier alpha value is -5.20. The molecule has 0 spiro atoms. The molecule has 45 heavy (non-hydrogen) atoms. The van der Waals surface area contributed by atoms with Gasteiger partial charge in [-0.15, -0.1) is 0 Å². The normalized spacial score (nSPS) is 13.9. The van der Waals surface area contributed by atoms with Crippen molar-refractivity contribution in [3.8, 4) is 11.5 Å². The van der Waals surface area contributed by atoms with E-state index < -0.39 is 5.82 Å². The highest BCUT2D eigenvalue weighted by Gasteiger charge is 2.42. The number of carbonyl (C=O) groups is 2. The number of ether oxygens (including phenoxy) is 1. The highest BCUT2D eigenvalue weighted by atomic mass is 19.1. The smallest absolute Gasteiger partial charge is 0.250 e. The summed E-state index contributed by atoms with van der Waals surface area (Å²) in [6, 6.07) is 19.7. The third-order valence-corrected chi connectivity index (χ3v) is 7.73. The van der Waals surface area contributed by atoms with Crippen molar-refractivity contribution in [3.63, 3.8) is 0 Å². The van der Waals surface area contributed by atoms with E-state index in [0.29, 0.717) is 52.2 Å². The van der Waals surface area contributed by atoms with Gasteiger partial charge in [-0.25, -0.2) is 9.23 Å². The van der Waals surface area contributed by atoms with Gasteiger partial charge in [-0.3, -0.25) is 19.9 Å². The van der Waals surface area contributed by atoms with Gasteiger partial charge in [-0.05, 0) is 60.7 Å². The third kappa shape index (κ3) is 7.85. The summed E-state index contributed by atoms with van der Waals surface area (Å²) in [6.45, 7) is 0.558. The van der Waals surface area contributed by atoms with E-state index in [9.17, 15) is 14.0 Å². The number of rotatable bonds is 13. The van der Waals surface area contributed by atoms with Crippen molar-refractivity contribution in [2.75, 3.05) is 49.5 Å². The van der Waals surface area contributed by atoms with Crippen LogP contribution >= 0.6 is 0 Å². The van der Waals surface area contributed by atoms with E-state index in [1.54, 1.807) is 92.8 Å². The molecular weight excluding hydrogens is 577 g/mol. The molecule has 0 heterocycles. The fraction of sp³-hybridized carbons (Fsp3) is 0.242. The minimum absolute atomic E-state index is 0.0775. The second-order valence-electron chi connectivity index (χ2n) is 10.8. The molecule has 2 amide bonds. The summed E-state index contributed by atoms with van der Waals surface area (Å²) in [5.74, 6) is -0.322. The molecule has 12 heteroatoms. The van der Waals surface area contributed by atoms with Crippen LogP contribution in [-0.2, 0) is 14.4 Å². The van der Waals surface area contributed by atoms with Crippen LogP contribution in [0, 0.1) is 11.2 Å². The van der Waals surface area contributed by atoms with Crippen LogP contribution in [0.25, 0.3) is 0 Å². The number of halogens is 1. The number of nitrogens with zero attached hydrogens (tertiary/aromatic N) is 4. The molecule has 3 aromatic carbocycles. The van der Waals surface area contributed by atoms with Gasteiger partial charge in [0.05, 0.1) is 19.8 Å². The topological polar surface area (TPSA) is 138 Å². The fourth-order valence-electron chi connectivity index (χ4n) is 4.83. The number of hydrogen-bond acceptors (Lipinski definition) is 8. The van der Waals surface area contributed by atoms with Crippen molar-refractivity contribution in [1.82, 2.24) is 0 Å². The van der Waals surface area contributed by atoms with Crippen LogP contribution in [0.2, 0.25) is 0 Å². The number of quaternary nitrogens is 1. The van der Waals surface area contributed by atoms with Crippen molar-refractivity contribution in [1.29, 1.82) is 5.41 Å². The van der Waals surface area contributed by atoms with Crippen molar-refractivity contribution >= 4 is 35.2 Å². The molecule has 1 unspecified atom stereocenters. The first kappa shape index (κ1) is 32.7. The zero-order chi connectivity index (χ0) is 32.7. The van der Waals surface area contributed by atoms with E-state index in [2.05, 4.69) is 0 Å². The Bertz CT molecular complexity index is 1600. The lowest BCUT2D eigenvalue weighted by atomic mass is 10.2. The van der Waals surface area contributed by atoms with Crippen molar-refractivity contribution < 1.29 is 28.2 Å². The molecule has 1 saturated carbocycles. The predicted molar refractivity (Wildman–Crippen MR) is 173 cm³/mol. The Labute approximate surface area is 262 Å². The quantitative estimate of drug-likeness (QED) is 0.0643. The molecule has 236 valence electrons. The van der Waals surface area contributed by atoms with Crippen LogP contribution < -0.4 is 30.9 Å². The molecule has 5 N–H and O–H groups in total. The second kappa shape index (κ2) is 14.1. The van der Waals surface area contributed by atoms with Crippen LogP contribution in [0.15, 0.2) is 96.5 Å². The first-order valence-electron chi connectivity index (χ1n) is 14.3. The predicted octanol–water partition coefficient (Wildman–Crippen LogP) is 4.47. The monoisotopic (exact) mass is 616 g/mol. The van der Waals surface area contributed by atoms with Crippen LogP contribution in [0.5, 0.6) is 11.5 Å². The summed E-state index contributed by atoms with van der Waals surface area (Å²) < 4.78 is 19.6. The van der Waals surface area contributed by atoms with E-state index in [1.807, 2.05) is 7.05 Å². The zero-order valence-electron chi connectivity index (χ0n) is 25.8. The largest absolute Gasteiger partial charge is 0.457 e. The highest BCUT2D eigenvalue weighted by molar-refractivity contribution is 6.18. The number of nitrogens with two attached hydrogens (primary N) is 2. The Kier molecular flexibility index (Phi) is 10.2. The molecule has 1 aliphatic rings. The molecule has 11 nitrogen and oxygen atoms in total. The molecule has 0 aromatic heterocycles. The van der Waals surface area contributed by atoms with E-state index in [4.69, 9.17) is 26.5 Å². The highest BCUT2D eigenvalue weighted by Crippen LogP contribution is 2.32. The van der Waals surface area contributed by atoms with Gasteiger partial charge in [0.2, 0.25) is 6.41 Å². The summed E-state index contributed by atoms with van der Waals surface area (Å²) in [6.07, 6.45) is 5.99. The lowest BCUT2D eigenvalue weighted by molar-refractivity contribution is -1.09. The molecule has 0 saturated heterocycles. The number of anilines is 3. The Balaban J connectivity index is 1.48. The van der Waals surface area contributed by atoms with Gasteiger partial charge in [-0.2, -0.15) is 4.65 Å². The summed E-state index contributed by atoms with van der Waals surface area (Å²) in [7, 11) is 6.95. The van der Waals surface area contributed by atoms with Crippen molar-refractivity contribution in [2.24, 2.45) is 11.5 Å². The first-order valence-corrected chi connectivity index (χ1v) is 14.3. The molecule has 1 aliphatic carbocycles. The van der Waals surface area contributed by atoms with Gasteiger partial charge < -0.3 is 26.0 Å². The molecule has 0 bridgehead atoms. The summed E-state index contributed by atoms with van der Waals surface area (Å²) >= 11 is 0. The van der Waals surface area contributed by atoms with E-state index >= 15 is 0 Å². The number of carbonyl (C=O) groups excluding carboxylic acids is 2. The van der Waals surface area contributed by atoms with Gasteiger partial charge in [0.25, 0.3) is 5.91 Å². The fourth-order valence-corrected chi connectivity index (χ4v) is 4.83. The minimum Gasteiger partial charge on any atom is -0.457 e. The van der Waals surface area contributed by atoms with E-state index in [1.165, 1.54) is 23.1 Å². The summed E-state index contributed by atoms with van der Waals surface area (Å²) in [4.78, 5) is 35.0. The maximum atomic E-state index is 13.5. The molecule has 4 rings (SSSR count). The molecule has 0 aliphatic heterocycles. The van der Waals surface area contributed by atoms with Gasteiger partial charge in [-0.1, -0.05) is 12.1 Å². The average Bonchev–Trinajstić information content (AvgIpc) is 3.88. The number of amidine groups is 1. The van der Waals surface area contributed by atoms with Crippen LogP contribution in [-0.4, -0.2) is 63.6 Å². The van der Waals surface area contributed by atoms with Crippen LogP contribution in [0.4, 0.5) is 21.5 Å². The number of likely N-dealkylation sites (N-methyl/N-ethyl adjacent to an activating group) is 3. The second-order valence-corrected chi connectivity index (χ2v) is 10.8. The van der Waals surface area contributed by atoms with Crippen molar-refractivity contribution in [3.05, 3.63) is 102 Å². The number of amides is 2. The molecule has 1 atom stereocenters. The number of benzene rings is 3. The van der Waals surface area contributed by atoms with E-state index in [0.717, 1.165) is 17.7 Å². The maximum absolute atomic E-state index is 13.5. The van der Waals surface area contributed by atoms with Gasteiger partial charge in [0.1, 0.15) is 41.4 Å². The number of hydroxylamine groups is 3. The van der Waals surface area contributed by atoms with Gasteiger partial charge >= 0.3 is 0 Å². The summed E-state index contributed by atoms with van der Waals surface area (Å²) in [5, 5.41) is 8.90. The van der Waals surface area contributed by atoms with Crippen LogP contribution in [0.3, 0.4) is 0 Å². The first-order chi connectivity index (χ1) is 21.5. The molecule has 0 radical (unpaired) electrons. The van der Waals surface area contributed by atoms with Crippen molar-refractivity contribution in [2.45, 2.75) is 18.9 Å². The standard InChI is InChI=1S/C33H39FN7O4/c1-38(30(43)12-7-19-41(3,44-4)27-15-16-27)25-9-6-10-26(21-25)40(22-42)33(37)31(32(35)36)39(2)24-13-17-28(18-14-24)45-29-11-5-8-23(34)20-29/h5-14,17-18,20-22,27,37H,15-16,19,35-36H2,1-4H3/q+1/b12-7+,37-33?. The Morgan fingerprint density at radius 2 is 1.64 bits per heavy atom. The van der Waals surface area contributed by atoms with Gasteiger partial charge in [0, 0.05) is 50.5 Å². The lowest BCUT2D eigenvalue weighted by Crippen LogP contribution is -2.45. The Morgan fingerprint density at radius 3 is 2.24 bits per heavy atom. The molecule has 1 fully saturated rings. The molecule has 3 aromatic rings. The number of hydrogen-bond donors (Lipinski definition) is 3. The maximum Gasteiger partial charge on any atom is 0.250 e.